The maximum atomic E-state index is 10.5. The van der Waals surface area contributed by atoms with Gasteiger partial charge in [0, 0.05) is 5.57 Å². The van der Waals surface area contributed by atoms with Gasteiger partial charge in [-0.3, -0.25) is 0 Å². The van der Waals surface area contributed by atoms with E-state index in [9.17, 15) is 9.90 Å². The van der Waals surface area contributed by atoms with Crippen LogP contribution >= 0.6 is 0 Å². The monoisotopic (exact) mass is 242 g/mol. The lowest BCUT2D eigenvalue weighted by Crippen LogP contribution is -2.23. The van der Waals surface area contributed by atoms with Crippen LogP contribution in [-0.2, 0) is 9.53 Å². The lowest BCUT2D eigenvalue weighted by atomic mass is 9.98. The van der Waals surface area contributed by atoms with Crippen LogP contribution in [0.15, 0.2) is 11.6 Å². The van der Waals surface area contributed by atoms with Crippen molar-refractivity contribution in [1.29, 1.82) is 0 Å². The lowest BCUT2D eigenvalue weighted by Gasteiger charge is -2.23. The van der Waals surface area contributed by atoms with Crippen molar-refractivity contribution in [2.45, 2.75) is 57.7 Å². The average molecular weight is 242 g/mol. The number of carboxylic acids is 1. The van der Waals surface area contributed by atoms with Crippen molar-refractivity contribution in [2.75, 3.05) is 6.61 Å². The van der Waals surface area contributed by atoms with Gasteiger partial charge in [-0.05, 0) is 26.2 Å². The van der Waals surface area contributed by atoms with Gasteiger partial charge in [-0.2, -0.15) is 0 Å². The van der Waals surface area contributed by atoms with Gasteiger partial charge >= 0.3 is 5.97 Å². The van der Waals surface area contributed by atoms with E-state index in [0.717, 1.165) is 12.8 Å². The van der Waals surface area contributed by atoms with E-state index >= 15 is 0 Å². The van der Waals surface area contributed by atoms with Gasteiger partial charge < -0.3 is 14.9 Å². The van der Waals surface area contributed by atoms with E-state index in [0.29, 0.717) is 13.0 Å². The van der Waals surface area contributed by atoms with Crippen molar-refractivity contribution in [3.63, 3.8) is 0 Å². The van der Waals surface area contributed by atoms with Crippen LogP contribution < -0.4 is 0 Å². The van der Waals surface area contributed by atoms with Gasteiger partial charge in [-0.25, -0.2) is 4.79 Å². The molecular formula is C13H22O4. The number of aliphatic hydroxyl groups excluding tert-OH is 1. The third-order valence-corrected chi connectivity index (χ3v) is 3.11. The van der Waals surface area contributed by atoms with E-state index in [1.807, 2.05) is 0 Å². The Morgan fingerprint density at radius 3 is 2.65 bits per heavy atom. The van der Waals surface area contributed by atoms with Crippen LogP contribution in [0.5, 0.6) is 0 Å². The predicted octanol–water partition coefficient (Wildman–Crippen LogP) is 2.12. The molecule has 1 aliphatic rings. The second-order valence-electron chi connectivity index (χ2n) is 4.68. The fourth-order valence-electron chi connectivity index (χ4n) is 1.95. The Labute approximate surface area is 102 Å². The molecule has 1 aliphatic carbocycles. The Morgan fingerprint density at radius 1 is 1.41 bits per heavy atom. The predicted molar refractivity (Wildman–Crippen MR) is 64.8 cm³/mol. The molecule has 0 heterocycles. The molecule has 0 aliphatic heterocycles. The maximum absolute atomic E-state index is 10.5. The quantitative estimate of drug-likeness (QED) is 0.700. The van der Waals surface area contributed by atoms with Crippen LogP contribution in [-0.4, -0.2) is 35.0 Å². The molecule has 0 bridgehead atoms. The Balaban J connectivity index is 2.18. The highest BCUT2D eigenvalue weighted by molar-refractivity contribution is 5.85. The molecule has 0 saturated heterocycles. The van der Waals surface area contributed by atoms with Gasteiger partial charge in [0.1, 0.15) is 0 Å². The molecule has 0 radical (unpaired) electrons. The third kappa shape index (κ3) is 5.84. The van der Waals surface area contributed by atoms with Gasteiger partial charge in [0.2, 0.25) is 0 Å². The molecule has 17 heavy (non-hydrogen) atoms. The first-order chi connectivity index (χ1) is 8.09. The molecule has 1 fully saturated rings. The molecule has 0 amide bonds. The first-order valence-electron chi connectivity index (χ1n) is 6.29. The maximum Gasteiger partial charge on any atom is 0.330 e. The minimum Gasteiger partial charge on any atom is -0.478 e. The Kier molecular flexibility index (Phi) is 6.22. The highest BCUT2D eigenvalue weighted by Crippen LogP contribution is 2.20. The van der Waals surface area contributed by atoms with Gasteiger partial charge in [-0.1, -0.05) is 25.3 Å². The minimum absolute atomic E-state index is 0.265. The molecule has 0 aromatic rings. The van der Waals surface area contributed by atoms with E-state index in [4.69, 9.17) is 9.84 Å². The highest BCUT2D eigenvalue weighted by Gasteiger charge is 2.15. The van der Waals surface area contributed by atoms with Crippen LogP contribution in [0.2, 0.25) is 0 Å². The fraction of sp³-hybridized carbons (Fsp3) is 0.769. The van der Waals surface area contributed by atoms with Crippen molar-refractivity contribution >= 4 is 5.97 Å². The van der Waals surface area contributed by atoms with Crippen molar-refractivity contribution in [2.24, 2.45) is 0 Å². The zero-order valence-corrected chi connectivity index (χ0v) is 10.4. The van der Waals surface area contributed by atoms with E-state index in [2.05, 4.69) is 0 Å². The first-order valence-corrected chi connectivity index (χ1v) is 6.29. The number of aliphatic hydroxyl groups is 1. The summed E-state index contributed by atoms with van der Waals surface area (Å²) in [6.45, 7) is 1.82. The molecule has 98 valence electrons. The van der Waals surface area contributed by atoms with Crippen LogP contribution in [0.25, 0.3) is 0 Å². The molecule has 0 aromatic heterocycles. The molecule has 2 N–H and O–H groups in total. The van der Waals surface area contributed by atoms with Crippen LogP contribution in [0.1, 0.15) is 45.4 Å². The average Bonchev–Trinajstić information content (AvgIpc) is 2.34. The number of rotatable bonds is 6. The van der Waals surface area contributed by atoms with Gasteiger partial charge in [0.05, 0.1) is 18.8 Å². The highest BCUT2D eigenvalue weighted by atomic mass is 16.5. The van der Waals surface area contributed by atoms with Crippen LogP contribution in [0, 0.1) is 0 Å². The summed E-state index contributed by atoms with van der Waals surface area (Å²) in [4.78, 5) is 10.5. The molecule has 1 atom stereocenters. The number of hydrogen-bond donors (Lipinski definition) is 2. The summed E-state index contributed by atoms with van der Waals surface area (Å²) in [7, 11) is 0. The van der Waals surface area contributed by atoms with E-state index in [1.165, 1.54) is 32.3 Å². The van der Waals surface area contributed by atoms with E-state index in [1.54, 1.807) is 0 Å². The second-order valence-corrected chi connectivity index (χ2v) is 4.68. The van der Waals surface area contributed by atoms with Gasteiger partial charge in [0.25, 0.3) is 0 Å². The molecule has 4 nitrogen and oxygen atoms in total. The number of hydrogen-bond acceptors (Lipinski definition) is 3. The molecule has 1 saturated carbocycles. The van der Waals surface area contributed by atoms with Crippen molar-refractivity contribution in [3.05, 3.63) is 11.6 Å². The number of carboxylic acid groups (broad SMARTS) is 1. The molecule has 1 unspecified atom stereocenters. The topological polar surface area (TPSA) is 66.8 Å². The van der Waals surface area contributed by atoms with Crippen LogP contribution in [0.3, 0.4) is 0 Å². The molecule has 0 aromatic carbocycles. The SMILES string of the molecule is CC(=CCC(O)COC1CCCCC1)C(=O)O. The minimum atomic E-state index is -0.939. The van der Waals surface area contributed by atoms with E-state index in [-0.39, 0.29) is 11.7 Å². The normalized spacial score (nSPS) is 20.2. The Bertz CT molecular complexity index is 267. The standard InChI is InChI=1S/C13H22O4/c1-10(13(15)16)7-8-11(14)9-17-12-5-3-2-4-6-12/h7,11-12,14H,2-6,8-9H2,1H3,(H,15,16). The molecule has 1 rings (SSSR count). The summed E-state index contributed by atoms with van der Waals surface area (Å²) in [5.74, 6) is -0.939. The lowest BCUT2D eigenvalue weighted by molar-refractivity contribution is -0.132. The number of ether oxygens (including phenoxy) is 1. The molecular weight excluding hydrogens is 220 g/mol. The summed E-state index contributed by atoms with van der Waals surface area (Å²) in [6.07, 6.45) is 7.41. The van der Waals surface area contributed by atoms with Crippen molar-refractivity contribution < 1.29 is 19.7 Å². The third-order valence-electron chi connectivity index (χ3n) is 3.11. The zero-order chi connectivity index (χ0) is 12.7. The summed E-state index contributed by atoms with van der Waals surface area (Å²) in [5, 5.41) is 18.3. The summed E-state index contributed by atoms with van der Waals surface area (Å²) < 4.78 is 5.61. The largest absolute Gasteiger partial charge is 0.478 e. The summed E-state index contributed by atoms with van der Waals surface area (Å²) >= 11 is 0. The fourth-order valence-corrected chi connectivity index (χ4v) is 1.95. The molecule has 4 heteroatoms. The van der Waals surface area contributed by atoms with Gasteiger partial charge in [-0.15, -0.1) is 0 Å². The second kappa shape index (κ2) is 7.45. The number of carbonyl (C=O) groups is 1. The molecule has 0 spiro atoms. The van der Waals surface area contributed by atoms with Gasteiger partial charge in [0.15, 0.2) is 0 Å². The van der Waals surface area contributed by atoms with Crippen molar-refractivity contribution in [3.8, 4) is 0 Å². The Morgan fingerprint density at radius 2 is 2.06 bits per heavy atom. The van der Waals surface area contributed by atoms with E-state index < -0.39 is 12.1 Å². The smallest absolute Gasteiger partial charge is 0.330 e. The van der Waals surface area contributed by atoms with Crippen LogP contribution in [0.4, 0.5) is 0 Å². The summed E-state index contributed by atoms with van der Waals surface area (Å²) in [6, 6.07) is 0. The first kappa shape index (κ1) is 14.2. The summed E-state index contributed by atoms with van der Waals surface area (Å²) in [5.41, 5.74) is 0.265. The zero-order valence-electron chi connectivity index (χ0n) is 10.4. The Hall–Kier alpha value is -0.870. The van der Waals surface area contributed by atoms with Crippen molar-refractivity contribution in [1.82, 2.24) is 0 Å². The number of aliphatic carboxylic acids is 1.